The third kappa shape index (κ3) is 2.02. The van der Waals surface area contributed by atoms with Crippen molar-refractivity contribution >= 4 is 27.1 Å². The van der Waals surface area contributed by atoms with Gasteiger partial charge in [-0.1, -0.05) is 29.5 Å². The lowest BCUT2D eigenvalue weighted by Crippen LogP contribution is -2.22. The SMILES string of the molecule is Nc1nn2c(=O)c(Cc3ccccc3N)nnc2s1. The Morgan fingerprint density at radius 1 is 1.21 bits per heavy atom. The number of fused-ring (bicyclic) bond motifs is 1. The van der Waals surface area contributed by atoms with Gasteiger partial charge in [0.15, 0.2) is 0 Å². The van der Waals surface area contributed by atoms with Crippen molar-refractivity contribution in [1.82, 2.24) is 19.8 Å². The topological polar surface area (TPSA) is 112 Å². The van der Waals surface area contributed by atoms with Crippen molar-refractivity contribution in [3.05, 3.63) is 45.9 Å². The van der Waals surface area contributed by atoms with E-state index in [1.165, 1.54) is 4.52 Å². The maximum atomic E-state index is 12.2. The van der Waals surface area contributed by atoms with Crippen LogP contribution in [0, 0.1) is 0 Å². The number of hydrogen-bond donors (Lipinski definition) is 2. The van der Waals surface area contributed by atoms with Gasteiger partial charge in [0.2, 0.25) is 10.1 Å². The fraction of sp³-hybridized carbons (Fsp3) is 0.0909. The highest BCUT2D eigenvalue weighted by atomic mass is 32.1. The van der Waals surface area contributed by atoms with E-state index in [1.807, 2.05) is 18.2 Å². The Morgan fingerprint density at radius 2 is 2.00 bits per heavy atom. The molecule has 0 aliphatic heterocycles. The first-order chi connectivity index (χ1) is 9.15. The quantitative estimate of drug-likeness (QED) is 0.650. The van der Waals surface area contributed by atoms with E-state index in [2.05, 4.69) is 15.3 Å². The van der Waals surface area contributed by atoms with Gasteiger partial charge in [0, 0.05) is 12.1 Å². The number of para-hydroxylation sites is 1. The maximum Gasteiger partial charge on any atom is 0.297 e. The van der Waals surface area contributed by atoms with Crippen LogP contribution in [0.1, 0.15) is 11.3 Å². The second kappa shape index (κ2) is 4.32. The van der Waals surface area contributed by atoms with Crippen LogP contribution in [0.15, 0.2) is 29.1 Å². The molecule has 4 N–H and O–H groups in total. The zero-order valence-corrected chi connectivity index (χ0v) is 10.6. The minimum absolute atomic E-state index is 0.280. The molecule has 0 saturated carbocycles. The molecule has 0 atom stereocenters. The van der Waals surface area contributed by atoms with Crippen LogP contribution in [0.2, 0.25) is 0 Å². The number of hydrogen-bond acceptors (Lipinski definition) is 7. The van der Waals surface area contributed by atoms with E-state index < -0.39 is 0 Å². The third-order valence-corrected chi connectivity index (χ3v) is 3.41. The summed E-state index contributed by atoms with van der Waals surface area (Å²) >= 11 is 1.12. The molecule has 0 saturated heterocycles. The molecule has 0 aliphatic rings. The van der Waals surface area contributed by atoms with Gasteiger partial charge >= 0.3 is 0 Å². The van der Waals surface area contributed by atoms with Crippen LogP contribution in [0.5, 0.6) is 0 Å². The average molecular weight is 274 g/mol. The van der Waals surface area contributed by atoms with Crippen LogP contribution in [0.25, 0.3) is 4.96 Å². The van der Waals surface area contributed by atoms with Crippen LogP contribution in [-0.4, -0.2) is 19.8 Å². The molecule has 3 rings (SSSR count). The first-order valence-corrected chi connectivity index (χ1v) is 6.31. The summed E-state index contributed by atoms with van der Waals surface area (Å²) in [5.74, 6) is 0. The average Bonchev–Trinajstić information content (AvgIpc) is 2.77. The van der Waals surface area contributed by atoms with Gasteiger partial charge in [0.05, 0.1) is 0 Å². The highest BCUT2D eigenvalue weighted by Gasteiger charge is 2.12. The van der Waals surface area contributed by atoms with Gasteiger partial charge in [-0.05, 0) is 11.6 Å². The molecule has 3 aromatic rings. The van der Waals surface area contributed by atoms with E-state index >= 15 is 0 Å². The summed E-state index contributed by atoms with van der Waals surface area (Å²) in [6.07, 6.45) is 0.318. The van der Waals surface area contributed by atoms with Gasteiger partial charge in [-0.2, -0.15) is 4.52 Å². The van der Waals surface area contributed by atoms with Crippen molar-refractivity contribution in [2.75, 3.05) is 11.5 Å². The predicted molar refractivity (Wildman–Crippen MR) is 73.0 cm³/mol. The summed E-state index contributed by atoms with van der Waals surface area (Å²) in [6, 6.07) is 7.32. The molecule has 0 unspecified atom stereocenters. The molecule has 0 aliphatic carbocycles. The van der Waals surface area contributed by atoms with Crippen molar-refractivity contribution in [2.24, 2.45) is 0 Å². The molecular weight excluding hydrogens is 264 g/mol. The second-order valence-corrected chi connectivity index (χ2v) is 4.95. The molecule has 2 aromatic heterocycles. The molecule has 0 amide bonds. The Labute approximate surface area is 111 Å². The van der Waals surface area contributed by atoms with Crippen LogP contribution in [0.3, 0.4) is 0 Å². The number of benzene rings is 1. The predicted octanol–water partition coefficient (Wildman–Crippen LogP) is 0.301. The van der Waals surface area contributed by atoms with Gasteiger partial charge < -0.3 is 11.5 Å². The smallest absolute Gasteiger partial charge is 0.297 e. The molecule has 19 heavy (non-hydrogen) atoms. The van der Waals surface area contributed by atoms with Crippen LogP contribution >= 0.6 is 11.3 Å². The Bertz CT molecular complexity index is 808. The number of nitrogens with two attached hydrogens (primary N) is 2. The molecule has 8 heteroatoms. The zero-order chi connectivity index (χ0) is 13.4. The van der Waals surface area contributed by atoms with Crippen molar-refractivity contribution in [1.29, 1.82) is 0 Å². The maximum absolute atomic E-state index is 12.2. The lowest BCUT2D eigenvalue weighted by Gasteiger charge is -2.03. The Kier molecular flexibility index (Phi) is 2.64. The fourth-order valence-corrected chi connectivity index (χ4v) is 2.35. The van der Waals surface area contributed by atoms with Crippen molar-refractivity contribution in [3.8, 4) is 0 Å². The number of nitrogens with zero attached hydrogens (tertiary/aromatic N) is 4. The van der Waals surface area contributed by atoms with Crippen molar-refractivity contribution in [2.45, 2.75) is 6.42 Å². The molecule has 0 radical (unpaired) electrons. The number of nitrogen functional groups attached to an aromatic ring is 2. The standard InChI is InChI=1S/C11H10N6OS/c12-7-4-2-1-3-6(7)5-8-9(18)17-11(15-14-8)19-10(13)16-17/h1-4H,5,12H2,(H2,13,16). The summed E-state index contributed by atoms with van der Waals surface area (Å²) in [7, 11) is 0. The highest BCUT2D eigenvalue weighted by molar-refractivity contribution is 7.20. The number of rotatable bonds is 2. The van der Waals surface area contributed by atoms with E-state index in [1.54, 1.807) is 6.07 Å². The molecule has 7 nitrogen and oxygen atoms in total. The minimum Gasteiger partial charge on any atom is -0.398 e. The Morgan fingerprint density at radius 3 is 2.79 bits per heavy atom. The summed E-state index contributed by atoms with van der Waals surface area (Å²) in [5, 5.41) is 12.1. The monoisotopic (exact) mass is 274 g/mol. The first kappa shape index (κ1) is 11.6. The van der Waals surface area contributed by atoms with Crippen LogP contribution < -0.4 is 17.0 Å². The van der Waals surface area contributed by atoms with Gasteiger partial charge in [-0.15, -0.1) is 15.3 Å². The number of aromatic nitrogens is 4. The van der Waals surface area contributed by atoms with Gasteiger partial charge in [0.25, 0.3) is 5.56 Å². The lowest BCUT2D eigenvalue weighted by atomic mass is 10.1. The van der Waals surface area contributed by atoms with Crippen LogP contribution in [0.4, 0.5) is 10.8 Å². The normalized spacial score (nSPS) is 10.9. The highest BCUT2D eigenvalue weighted by Crippen LogP contribution is 2.14. The van der Waals surface area contributed by atoms with E-state index in [4.69, 9.17) is 11.5 Å². The van der Waals surface area contributed by atoms with Gasteiger partial charge in [-0.3, -0.25) is 4.79 Å². The minimum atomic E-state index is -0.318. The molecule has 0 spiro atoms. The number of anilines is 2. The zero-order valence-electron chi connectivity index (χ0n) is 9.78. The Balaban J connectivity index is 2.09. The molecular formula is C11H10N6OS. The summed E-state index contributed by atoms with van der Waals surface area (Å²) in [5.41, 5.74) is 12.8. The van der Waals surface area contributed by atoms with E-state index in [-0.39, 0.29) is 10.7 Å². The largest absolute Gasteiger partial charge is 0.398 e. The fourth-order valence-electron chi connectivity index (χ4n) is 1.75. The first-order valence-electron chi connectivity index (χ1n) is 5.49. The van der Waals surface area contributed by atoms with E-state index in [0.29, 0.717) is 22.8 Å². The summed E-state index contributed by atoms with van der Waals surface area (Å²) in [4.78, 5) is 12.5. The molecule has 1 aromatic carbocycles. The van der Waals surface area contributed by atoms with E-state index in [0.717, 1.165) is 16.9 Å². The molecule has 0 bridgehead atoms. The molecule has 0 fully saturated rings. The lowest BCUT2D eigenvalue weighted by molar-refractivity contribution is 0.811. The van der Waals surface area contributed by atoms with Crippen molar-refractivity contribution < 1.29 is 0 Å². The van der Waals surface area contributed by atoms with Crippen molar-refractivity contribution in [3.63, 3.8) is 0 Å². The summed E-state index contributed by atoms with van der Waals surface area (Å²) < 4.78 is 1.17. The molecule has 2 heterocycles. The third-order valence-electron chi connectivity index (χ3n) is 2.68. The summed E-state index contributed by atoms with van der Waals surface area (Å²) in [6.45, 7) is 0. The van der Waals surface area contributed by atoms with E-state index in [9.17, 15) is 4.79 Å². The second-order valence-electron chi connectivity index (χ2n) is 3.96. The van der Waals surface area contributed by atoms with Gasteiger partial charge in [0.1, 0.15) is 5.69 Å². The van der Waals surface area contributed by atoms with Gasteiger partial charge in [-0.25, -0.2) is 0 Å². The Hall–Kier alpha value is -2.48. The van der Waals surface area contributed by atoms with Crippen LogP contribution in [-0.2, 0) is 6.42 Å². The molecule has 96 valence electrons.